The summed E-state index contributed by atoms with van der Waals surface area (Å²) >= 11 is 0. The predicted molar refractivity (Wildman–Crippen MR) is 81.5 cm³/mol. The molecule has 2 N–H and O–H groups in total. The molecule has 0 fully saturated rings. The minimum absolute atomic E-state index is 0.134. The first-order valence-electron chi connectivity index (χ1n) is 6.97. The lowest BCUT2D eigenvalue weighted by molar-refractivity contribution is -0.139. The number of hydrogen-bond acceptors (Lipinski definition) is 4. The van der Waals surface area contributed by atoms with E-state index in [2.05, 4.69) is 5.32 Å². The third-order valence-electron chi connectivity index (χ3n) is 3.11. The zero-order valence-corrected chi connectivity index (χ0v) is 13.2. The summed E-state index contributed by atoms with van der Waals surface area (Å²) in [5.41, 5.74) is 0.905. The van der Waals surface area contributed by atoms with E-state index in [0.717, 1.165) is 11.1 Å². The molecule has 0 spiro atoms. The molecule has 6 nitrogen and oxygen atoms in total. The van der Waals surface area contributed by atoms with Gasteiger partial charge in [0.05, 0.1) is 31.6 Å². The Labute approximate surface area is 130 Å². The average molecular weight is 309 g/mol. The molecule has 0 aromatic heterocycles. The lowest BCUT2D eigenvalue weighted by atomic mass is 9.98. The maximum absolute atomic E-state index is 12.2. The van der Waals surface area contributed by atoms with Crippen LogP contribution >= 0.6 is 0 Å². The van der Waals surface area contributed by atoms with Crippen LogP contribution in [0, 0.1) is 0 Å². The number of benzene rings is 1. The van der Waals surface area contributed by atoms with Crippen LogP contribution in [0.2, 0.25) is 0 Å². The van der Waals surface area contributed by atoms with Crippen LogP contribution in [-0.2, 0) is 32.1 Å². The third-order valence-corrected chi connectivity index (χ3v) is 3.11. The highest BCUT2D eigenvalue weighted by Crippen LogP contribution is 2.12. The minimum Gasteiger partial charge on any atom is -0.481 e. The maximum Gasteiger partial charge on any atom is 0.305 e. The largest absolute Gasteiger partial charge is 0.481 e. The Bertz CT molecular complexity index is 517. The van der Waals surface area contributed by atoms with Crippen LogP contribution in [0.5, 0.6) is 0 Å². The molecule has 1 rings (SSSR count). The molecule has 0 aliphatic rings. The highest BCUT2D eigenvalue weighted by Gasteiger charge is 2.29. The lowest BCUT2D eigenvalue weighted by Crippen LogP contribution is -2.51. The van der Waals surface area contributed by atoms with Crippen LogP contribution in [0.3, 0.4) is 0 Å². The van der Waals surface area contributed by atoms with Crippen LogP contribution in [0.15, 0.2) is 24.3 Å². The van der Waals surface area contributed by atoms with Gasteiger partial charge in [0.25, 0.3) is 0 Å². The van der Waals surface area contributed by atoms with Gasteiger partial charge in [-0.2, -0.15) is 0 Å². The number of carbonyl (C=O) groups is 2. The van der Waals surface area contributed by atoms with Gasteiger partial charge in [-0.05, 0) is 18.1 Å². The highest BCUT2D eigenvalue weighted by atomic mass is 16.5. The molecule has 0 aliphatic heterocycles. The van der Waals surface area contributed by atoms with E-state index in [4.69, 9.17) is 14.6 Å². The molecule has 1 amide bonds. The fraction of sp³-hybridized carbons (Fsp3) is 0.500. The quantitative estimate of drug-likeness (QED) is 0.719. The average Bonchev–Trinajstić information content (AvgIpc) is 2.37. The summed E-state index contributed by atoms with van der Waals surface area (Å²) in [5, 5.41) is 11.7. The van der Waals surface area contributed by atoms with E-state index in [-0.39, 0.29) is 25.4 Å². The Balaban J connectivity index is 2.70. The summed E-state index contributed by atoms with van der Waals surface area (Å²) < 4.78 is 10.1. The molecule has 6 heteroatoms. The number of methoxy groups -OCH3 is 2. The second-order valence-corrected chi connectivity index (χ2v) is 5.54. The summed E-state index contributed by atoms with van der Waals surface area (Å²) in [7, 11) is 3.09. The van der Waals surface area contributed by atoms with E-state index < -0.39 is 11.5 Å². The number of nitrogens with one attached hydrogen (secondary N) is 1. The van der Waals surface area contributed by atoms with Crippen molar-refractivity contribution in [3.8, 4) is 0 Å². The summed E-state index contributed by atoms with van der Waals surface area (Å²) in [4.78, 5) is 23.1. The van der Waals surface area contributed by atoms with E-state index in [1.807, 2.05) is 24.3 Å². The van der Waals surface area contributed by atoms with Gasteiger partial charge in [-0.1, -0.05) is 24.3 Å². The summed E-state index contributed by atoms with van der Waals surface area (Å²) in [6.07, 6.45) is -0.0211. The SMILES string of the molecule is COCc1cccc(CC(=O)NC(C)(COC)CC(=O)O)c1. The summed E-state index contributed by atoms with van der Waals surface area (Å²) in [5.74, 6) is -1.22. The van der Waals surface area contributed by atoms with Crippen LogP contribution < -0.4 is 5.32 Å². The predicted octanol–water partition coefficient (Wildman–Crippen LogP) is 1.37. The van der Waals surface area contributed by atoms with Gasteiger partial charge >= 0.3 is 5.97 Å². The molecule has 1 aromatic carbocycles. The van der Waals surface area contributed by atoms with Gasteiger partial charge < -0.3 is 19.9 Å². The second kappa shape index (κ2) is 8.51. The smallest absolute Gasteiger partial charge is 0.305 e. The molecule has 0 radical (unpaired) electrons. The number of aliphatic carboxylic acids is 1. The second-order valence-electron chi connectivity index (χ2n) is 5.54. The van der Waals surface area contributed by atoms with Gasteiger partial charge in [-0.15, -0.1) is 0 Å². The molecule has 0 heterocycles. The monoisotopic (exact) mass is 309 g/mol. The van der Waals surface area contributed by atoms with Crippen LogP contribution in [0.1, 0.15) is 24.5 Å². The molecule has 1 aromatic rings. The molecule has 0 saturated heterocycles. The van der Waals surface area contributed by atoms with E-state index >= 15 is 0 Å². The molecule has 0 aliphatic carbocycles. The lowest BCUT2D eigenvalue weighted by Gasteiger charge is -2.28. The maximum atomic E-state index is 12.2. The van der Waals surface area contributed by atoms with E-state index in [0.29, 0.717) is 6.61 Å². The number of ether oxygens (including phenoxy) is 2. The first kappa shape index (κ1) is 18.1. The van der Waals surface area contributed by atoms with Crippen LogP contribution in [-0.4, -0.2) is 43.3 Å². The molecular formula is C16H23NO5. The first-order valence-corrected chi connectivity index (χ1v) is 6.97. The Kier molecular flexibility index (Phi) is 7.01. The summed E-state index contributed by atoms with van der Waals surface area (Å²) in [6.45, 7) is 2.27. The van der Waals surface area contributed by atoms with Crippen molar-refractivity contribution in [2.45, 2.75) is 31.9 Å². The molecular weight excluding hydrogens is 286 g/mol. The fourth-order valence-corrected chi connectivity index (χ4v) is 2.35. The molecule has 1 unspecified atom stereocenters. The van der Waals surface area contributed by atoms with Crippen molar-refractivity contribution in [1.82, 2.24) is 5.32 Å². The van der Waals surface area contributed by atoms with E-state index in [9.17, 15) is 9.59 Å². The summed E-state index contributed by atoms with van der Waals surface area (Å²) in [6, 6.07) is 7.53. The molecule has 1 atom stereocenters. The van der Waals surface area contributed by atoms with Gasteiger partial charge in [0.1, 0.15) is 0 Å². The van der Waals surface area contributed by atoms with E-state index in [1.165, 1.54) is 7.11 Å². The van der Waals surface area contributed by atoms with E-state index in [1.54, 1.807) is 14.0 Å². The van der Waals surface area contributed by atoms with Crippen LogP contribution in [0.4, 0.5) is 0 Å². The molecule has 0 bridgehead atoms. The Morgan fingerprint density at radius 3 is 2.50 bits per heavy atom. The van der Waals surface area contributed by atoms with Crippen molar-refractivity contribution in [2.75, 3.05) is 20.8 Å². The minimum atomic E-state index is -0.984. The normalized spacial score (nSPS) is 13.4. The number of carboxylic acids is 1. The van der Waals surface area contributed by atoms with Gasteiger partial charge in [0.15, 0.2) is 0 Å². The first-order chi connectivity index (χ1) is 10.4. The highest BCUT2D eigenvalue weighted by molar-refractivity contribution is 5.80. The van der Waals surface area contributed by atoms with Crippen molar-refractivity contribution >= 4 is 11.9 Å². The topological polar surface area (TPSA) is 84.9 Å². The Morgan fingerprint density at radius 2 is 1.91 bits per heavy atom. The van der Waals surface area contributed by atoms with Crippen molar-refractivity contribution in [1.29, 1.82) is 0 Å². The van der Waals surface area contributed by atoms with Gasteiger partial charge in [0.2, 0.25) is 5.91 Å². The fourth-order valence-electron chi connectivity index (χ4n) is 2.35. The zero-order valence-electron chi connectivity index (χ0n) is 13.2. The standard InChI is InChI=1S/C16H23NO5/c1-16(11-22-3,9-15(19)20)17-14(18)8-12-5-4-6-13(7-12)10-21-2/h4-7H,8-11H2,1-3H3,(H,17,18)(H,19,20). The van der Waals surface area contributed by atoms with Crippen molar-refractivity contribution < 1.29 is 24.2 Å². The Morgan fingerprint density at radius 1 is 1.23 bits per heavy atom. The molecule has 0 saturated carbocycles. The van der Waals surface area contributed by atoms with Crippen molar-refractivity contribution in [3.63, 3.8) is 0 Å². The van der Waals surface area contributed by atoms with Gasteiger partial charge in [-0.3, -0.25) is 9.59 Å². The Hall–Kier alpha value is -1.92. The zero-order chi connectivity index (χ0) is 16.6. The van der Waals surface area contributed by atoms with Gasteiger partial charge in [-0.25, -0.2) is 0 Å². The molecule has 122 valence electrons. The van der Waals surface area contributed by atoms with Crippen molar-refractivity contribution in [3.05, 3.63) is 35.4 Å². The van der Waals surface area contributed by atoms with Crippen LogP contribution in [0.25, 0.3) is 0 Å². The number of carbonyl (C=O) groups excluding carboxylic acids is 1. The number of carboxylic acid groups (broad SMARTS) is 1. The third kappa shape index (κ3) is 6.24. The number of amides is 1. The number of hydrogen-bond donors (Lipinski definition) is 2. The van der Waals surface area contributed by atoms with Gasteiger partial charge in [0, 0.05) is 14.2 Å². The number of rotatable bonds is 9. The molecule has 22 heavy (non-hydrogen) atoms. The van der Waals surface area contributed by atoms with Crippen molar-refractivity contribution in [2.24, 2.45) is 0 Å².